The lowest BCUT2D eigenvalue weighted by molar-refractivity contribution is -0.384. The van der Waals surface area contributed by atoms with Crippen LogP contribution in [-0.4, -0.2) is 26.1 Å². The van der Waals surface area contributed by atoms with Gasteiger partial charge in [0.15, 0.2) is 5.16 Å². The van der Waals surface area contributed by atoms with E-state index in [9.17, 15) is 19.7 Å². The molecule has 0 bridgehead atoms. The Kier molecular flexibility index (Phi) is 5.80. The van der Waals surface area contributed by atoms with E-state index in [1.807, 2.05) is 0 Å². The number of anilines is 1. The zero-order valence-electron chi connectivity index (χ0n) is 16.1. The highest BCUT2D eigenvalue weighted by Gasteiger charge is 2.15. The number of nitro benzene ring substituents is 1. The maximum Gasteiger partial charge on any atom is 0.271 e. The van der Waals surface area contributed by atoms with Gasteiger partial charge in [-0.1, -0.05) is 30.0 Å². The molecule has 0 radical (unpaired) electrons. The molecule has 9 nitrogen and oxygen atoms in total. The van der Waals surface area contributed by atoms with Crippen LogP contribution in [0.1, 0.15) is 5.76 Å². The number of benzene rings is 2. The molecular weight excluding hydrogens is 420 g/mol. The molecule has 31 heavy (non-hydrogen) atoms. The van der Waals surface area contributed by atoms with E-state index < -0.39 is 4.92 Å². The predicted molar refractivity (Wildman–Crippen MR) is 116 cm³/mol. The fourth-order valence-electron chi connectivity index (χ4n) is 2.98. The van der Waals surface area contributed by atoms with Gasteiger partial charge in [-0.25, -0.2) is 4.98 Å². The van der Waals surface area contributed by atoms with Crippen LogP contribution in [0.5, 0.6) is 0 Å². The number of furan rings is 1. The minimum Gasteiger partial charge on any atom is -0.467 e. The summed E-state index contributed by atoms with van der Waals surface area (Å²) in [7, 11) is 0. The Morgan fingerprint density at radius 1 is 1.16 bits per heavy atom. The van der Waals surface area contributed by atoms with Crippen LogP contribution in [0.15, 0.2) is 81.3 Å². The third-order valence-electron chi connectivity index (χ3n) is 4.39. The normalized spacial score (nSPS) is 10.8. The van der Waals surface area contributed by atoms with Crippen LogP contribution in [0.3, 0.4) is 0 Å². The van der Waals surface area contributed by atoms with E-state index in [1.165, 1.54) is 29.0 Å². The molecule has 0 aliphatic carbocycles. The molecule has 2 aromatic carbocycles. The molecule has 0 aliphatic rings. The Morgan fingerprint density at radius 3 is 2.77 bits per heavy atom. The Balaban J connectivity index is 1.57. The van der Waals surface area contributed by atoms with Crippen molar-refractivity contribution in [3.05, 3.63) is 93.2 Å². The Bertz CT molecular complexity index is 1320. The molecular formula is C21H16N4O5S. The SMILES string of the molecule is O=C(CSc1nc2ccccc2c(=O)n1Cc1ccco1)Nc1cccc([N+](=O)[O-])c1. The van der Waals surface area contributed by atoms with Gasteiger partial charge in [-0.15, -0.1) is 0 Å². The summed E-state index contributed by atoms with van der Waals surface area (Å²) in [6.45, 7) is 0.179. The number of nitrogens with zero attached hydrogens (tertiary/aromatic N) is 3. The first kappa shape index (κ1) is 20.4. The number of thioether (sulfide) groups is 1. The molecule has 0 fully saturated rings. The molecule has 1 amide bonds. The summed E-state index contributed by atoms with van der Waals surface area (Å²) >= 11 is 1.10. The highest BCUT2D eigenvalue weighted by atomic mass is 32.2. The summed E-state index contributed by atoms with van der Waals surface area (Å²) < 4.78 is 6.83. The number of non-ortho nitro benzene ring substituents is 1. The first-order valence-electron chi connectivity index (χ1n) is 9.20. The summed E-state index contributed by atoms with van der Waals surface area (Å²) in [6.07, 6.45) is 1.52. The van der Waals surface area contributed by atoms with Crippen molar-refractivity contribution < 1.29 is 14.1 Å². The van der Waals surface area contributed by atoms with Crippen LogP contribution in [0.4, 0.5) is 11.4 Å². The van der Waals surface area contributed by atoms with Crippen molar-refractivity contribution >= 4 is 39.9 Å². The van der Waals surface area contributed by atoms with Crippen LogP contribution in [0.25, 0.3) is 10.9 Å². The van der Waals surface area contributed by atoms with Crippen molar-refractivity contribution in [1.29, 1.82) is 0 Å². The number of hydrogen-bond acceptors (Lipinski definition) is 7. The molecule has 4 rings (SSSR count). The van der Waals surface area contributed by atoms with Crippen molar-refractivity contribution in [3.8, 4) is 0 Å². The fourth-order valence-corrected chi connectivity index (χ4v) is 3.78. The second kappa shape index (κ2) is 8.84. The number of nitro groups is 1. The first-order chi connectivity index (χ1) is 15.0. The monoisotopic (exact) mass is 436 g/mol. The van der Waals surface area contributed by atoms with E-state index in [4.69, 9.17) is 4.42 Å². The van der Waals surface area contributed by atoms with Crippen molar-refractivity contribution in [3.63, 3.8) is 0 Å². The minimum absolute atomic E-state index is 0.0361. The van der Waals surface area contributed by atoms with Gasteiger partial charge in [0.25, 0.3) is 11.2 Å². The minimum atomic E-state index is -0.531. The first-order valence-corrected chi connectivity index (χ1v) is 10.2. The van der Waals surface area contributed by atoms with Crippen molar-refractivity contribution in [2.75, 3.05) is 11.1 Å². The number of rotatable bonds is 7. The zero-order chi connectivity index (χ0) is 21.8. The maximum atomic E-state index is 13.0. The topological polar surface area (TPSA) is 120 Å². The van der Waals surface area contributed by atoms with E-state index in [1.54, 1.807) is 42.5 Å². The van der Waals surface area contributed by atoms with E-state index in [0.29, 0.717) is 27.5 Å². The molecule has 0 saturated heterocycles. The molecule has 2 aromatic heterocycles. The molecule has 0 aliphatic heterocycles. The smallest absolute Gasteiger partial charge is 0.271 e. The fraction of sp³-hybridized carbons (Fsp3) is 0.0952. The van der Waals surface area contributed by atoms with Gasteiger partial charge in [-0.05, 0) is 30.3 Å². The van der Waals surface area contributed by atoms with Gasteiger partial charge in [0, 0.05) is 17.8 Å². The van der Waals surface area contributed by atoms with Crippen LogP contribution < -0.4 is 10.9 Å². The Hall–Kier alpha value is -3.92. The van der Waals surface area contributed by atoms with Gasteiger partial charge >= 0.3 is 0 Å². The summed E-state index contributed by atoms with van der Waals surface area (Å²) in [5, 5.41) is 14.4. The Morgan fingerprint density at radius 2 is 2.00 bits per heavy atom. The number of hydrogen-bond donors (Lipinski definition) is 1. The Labute approximate surface area is 179 Å². The molecule has 0 spiro atoms. The predicted octanol–water partition coefficient (Wildman–Crippen LogP) is 3.68. The molecule has 0 saturated carbocycles. The summed E-state index contributed by atoms with van der Waals surface area (Å²) in [4.78, 5) is 40.3. The lowest BCUT2D eigenvalue weighted by Gasteiger charge is -2.12. The number of nitrogens with one attached hydrogen (secondary N) is 1. The highest BCUT2D eigenvalue weighted by Crippen LogP contribution is 2.21. The molecule has 156 valence electrons. The van der Waals surface area contributed by atoms with Gasteiger partial charge in [-0.3, -0.25) is 24.3 Å². The van der Waals surface area contributed by atoms with Crippen molar-refractivity contribution in [1.82, 2.24) is 9.55 Å². The molecule has 0 atom stereocenters. The standard InChI is InChI=1S/C21H16N4O5S/c26-19(22-14-5-3-6-15(11-14)25(28)29)13-31-21-23-18-9-2-1-8-17(18)20(27)24(21)12-16-7-4-10-30-16/h1-11H,12-13H2,(H,22,26). The lowest BCUT2D eigenvalue weighted by atomic mass is 10.2. The molecule has 0 unspecified atom stereocenters. The number of aromatic nitrogens is 2. The van der Waals surface area contributed by atoms with E-state index in [2.05, 4.69) is 10.3 Å². The number of fused-ring (bicyclic) bond motifs is 1. The number of carbonyl (C=O) groups excluding carboxylic acids is 1. The number of carbonyl (C=O) groups is 1. The second-order valence-electron chi connectivity index (χ2n) is 6.53. The van der Waals surface area contributed by atoms with Crippen LogP contribution in [0, 0.1) is 10.1 Å². The van der Waals surface area contributed by atoms with Gasteiger partial charge in [0.1, 0.15) is 5.76 Å². The summed E-state index contributed by atoms with van der Waals surface area (Å²) in [5.41, 5.74) is 0.501. The summed E-state index contributed by atoms with van der Waals surface area (Å²) in [6, 6.07) is 16.2. The lowest BCUT2D eigenvalue weighted by Crippen LogP contribution is -2.24. The van der Waals surface area contributed by atoms with Crippen molar-refractivity contribution in [2.24, 2.45) is 0 Å². The third kappa shape index (κ3) is 4.64. The molecule has 1 N–H and O–H groups in total. The molecule has 10 heteroatoms. The quantitative estimate of drug-likeness (QED) is 0.203. The van der Waals surface area contributed by atoms with E-state index in [0.717, 1.165) is 11.8 Å². The average Bonchev–Trinajstić information content (AvgIpc) is 3.28. The zero-order valence-corrected chi connectivity index (χ0v) is 16.9. The third-order valence-corrected chi connectivity index (χ3v) is 5.37. The van der Waals surface area contributed by atoms with E-state index >= 15 is 0 Å². The van der Waals surface area contributed by atoms with Crippen molar-refractivity contribution in [2.45, 2.75) is 11.7 Å². The van der Waals surface area contributed by atoms with Crippen LogP contribution in [-0.2, 0) is 11.3 Å². The van der Waals surface area contributed by atoms with E-state index in [-0.39, 0.29) is 29.5 Å². The largest absolute Gasteiger partial charge is 0.467 e. The van der Waals surface area contributed by atoms with Crippen LogP contribution >= 0.6 is 11.8 Å². The highest BCUT2D eigenvalue weighted by molar-refractivity contribution is 7.99. The maximum absolute atomic E-state index is 13.0. The van der Waals surface area contributed by atoms with Gasteiger partial charge < -0.3 is 9.73 Å². The van der Waals surface area contributed by atoms with Crippen LogP contribution in [0.2, 0.25) is 0 Å². The summed E-state index contributed by atoms with van der Waals surface area (Å²) in [5.74, 6) is 0.172. The van der Waals surface area contributed by atoms with Gasteiger partial charge in [0.05, 0.1) is 34.4 Å². The van der Waals surface area contributed by atoms with Gasteiger partial charge in [-0.2, -0.15) is 0 Å². The second-order valence-corrected chi connectivity index (χ2v) is 7.47. The average molecular weight is 436 g/mol. The molecule has 4 aromatic rings. The number of amides is 1. The molecule has 2 heterocycles. The number of para-hydroxylation sites is 1. The van der Waals surface area contributed by atoms with Gasteiger partial charge in [0.2, 0.25) is 5.91 Å².